The molecule has 1 rings (SSSR count). The maximum atomic E-state index is 4.09. The highest BCUT2D eigenvalue weighted by molar-refractivity contribution is 5.36. The van der Waals surface area contributed by atoms with Gasteiger partial charge in [-0.3, -0.25) is 0 Å². The van der Waals surface area contributed by atoms with Gasteiger partial charge in [0.1, 0.15) is 0 Å². The molecule has 0 saturated carbocycles. The lowest BCUT2D eigenvalue weighted by molar-refractivity contribution is 0.769. The zero-order valence-corrected chi connectivity index (χ0v) is 10.9. The van der Waals surface area contributed by atoms with Gasteiger partial charge >= 0.3 is 0 Å². The van der Waals surface area contributed by atoms with E-state index in [1.807, 2.05) is 0 Å². The minimum Gasteiger partial charge on any atom is -0.0654 e. The summed E-state index contributed by atoms with van der Waals surface area (Å²) in [7, 11) is 0. The van der Waals surface area contributed by atoms with E-state index in [0.717, 1.165) is 6.42 Å². The lowest BCUT2D eigenvalue weighted by Gasteiger charge is -2.13. The Morgan fingerprint density at radius 1 is 0.938 bits per heavy atom. The van der Waals surface area contributed by atoms with E-state index in [4.69, 9.17) is 0 Å². The Kier molecular flexibility index (Phi) is 6.22. The molecular weight excluding hydrogens is 192 g/mol. The third kappa shape index (κ3) is 3.66. The molecule has 0 aliphatic heterocycles. The van der Waals surface area contributed by atoms with E-state index in [1.54, 1.807) is 0 Å². The van der Waals surface area contributed by atoms with Gasteiger partial charge in [-0.05, 0) is 55.7 Å². The average molecular weight is 217 g/mol. The number of benzene rings is 1. The summed E-state index contributed by atoms with van der Waals surface area (Å²) in [6.07, 6.45) is 8.53. The Morgan fingerprint density at radius 3 is 1.81 bits per heavy atom. The van der Waals surface area contributed by atoms with Crippen LogP contribution in [0.3, 0.4) is 0 Å². The van der Waals surface area contributed by atoms with Gasteiger partial charge in [-0.1, -0.05) is 44.9 Å². The summed E-state index contributed by atoms with van der Waals surface area (Å²) >= 11 is 0. The first kappa shape index (κ1) is 13.3. The second kappa shape index (κ2) is 7.49. The van der Waals surface area contributed by atoms with Crippen molar-refractivity contribution in [3.63, 3.8) is 0 Å². The Labute approximate surface area is 101 Å². The first-order chi connectivity index (χ1) is 7.83. The van der Waals surface area contributed by atoms with Crippen LogP contribution in [-0.2, 0) is 19.3 Å². The van der Waals surface area contributed by atoms with Crippen LogP contribution in [0.2, 0.25) is 0 Å². The standard InChI is InChI=1S/C16H25/c1-4-7-10-14-12-9-13-15(11-8-5-2)16(14)6-3/h9,12-13H,3-8,10-11H2,1-2H3. The second-order valence-electron chi connectivity index (χ2n) is 4.51. The molecule has 0 heteroatoms. The zero-order chi connectivity index (χ0) is 11.8. The Bertz CT molecular complexity index is 273. The highest BCUT2D eigenvalue weighted by Crippen LogP contribution is 2.19. The molecule has 0 fully saturated rings. The molecular formula is C16H25. The molecule has 1 radical (unpaired) electrons. The number of aryl methyl sites for hydroxylation is 2. The van der Waals surface area contributed by atoms with E-state index in [9.17, 15) is 0 Å². The quantitative estimate of drug-likeness (QED) is 0.618. The van der Waals surface area contributed by atoms with Crippen molar-refractivity contribution in [1.29, 1.82) is 0 Å². The summed E-state index contributed by atoms with van der Waals surface area (Å²) in [5.41, 5.74) is 4.58. The maximum absolute atomic E-state index is 4.09. The lowest BCUT2D eigenvalue weighted by atomic mass is 9.93. The molecule has 89 valence electrons. The van der Waals surface area contributed by atoms with Gasteiger partial charge in [0.2, 0.25) is 0 Å². The van der Waals surface area contributed by atoms with Crippen LogP contribution in [0.5, 0.6) is 0 Å². The molecule has 0 aliphatic rings. The van der Waals surface area contributed by atoms with Crippen LogP contribution in [0.1, 0.15) is 56.2 Å². The maximum Gasteiger partial charge on any atom is -0.0273 e. The lowest BCUT2D eigenvalue weighted by Crippen LogP contribution is -1.99. The average Bonchev–Trinajstić information content (AvgIpc) is 2.33. The highest BCUT2D eigenvalue weighted by atomic mass is 14.1. The molecule has 1 aromatic carbocycles. The molecule has 0 N–H and O–H groups in total. The van der Waals surface area contributed by atoms with E-state index in [1.165, 1.54) is 55.2 Å². The number of hydrogen-bond acceptors (Lipinski definition) is 0. The van der Waals surface area contributed by atoms with E-state index >= 15 is 0 Å². The molecule has 0 heterocycles. The molecule has 0 nitrogen and oxygen atoms in total. The molecule has 16 heavy (non-hydrogen) atoms. The van der Waals surface area contributed by atoms with Crippen molar-refractivity contribution in [2.75, 3.05) is 0 Å². The molecule has 0 atom stereocenters. The van der Waals surface area contributed by atoms with E-state index in [-0.39, 0.29) is 0 Å². The van der Waals surface area contributed by atoms with Gasteiger partial charge in [-0.25, -0.2) is 0 Å². The highest BCUT2D eigenvalue weighted by Gasteiger charge is 2.05. The second-order valence-corrected chi connectivity index (χ2v) is 4.51. The topological polar surface area (TPSA) is 0 Å². The number of hydrogen-bond donors (Lipinski definition) is 0. The molecule has 0 bridgehead atoms. The SMILES string of the molecule is [CH2]Cc1c(CCCC)cccc1CCCC. The molecule has 0 unspecified atom stereocenters. The molecule has 0 aliphatic carbocycles. The molecule has 0 aromatic heterocycles. The molecule has 1 aromatic rings. The Hall–Kier alpha value is -0.780. The minimum atomic E-state index is 0.943. The Morgan fingerprint density at radius 2 is 1.44 bits per heavy atom. The van der Waals surface area contributed by atoms with Crippen molar-refractivity contribution < 1.29 is 0 Å². The molecule has 0 spiro atoms. The third-order valence-electron chi connectivity index (χ3n) is 3.22. The Balaban J connectivity index is 2.82. The van der Waals surface area contributed by atoms with Gasteiger partial charge in [0.05, 0.1) is 0 Å². The van der Waals surface area contributed by atoms with Crippen molar-refractivity contribution >= 4 is 0 Å². The van der Waals surface area contributed by atoms with E-state index in [2.05, 4.69) is 39.0 Å². The largest absolute Gasteiger partial charge is 0.0654 e. The summed E-state index contributed by atoms with van der Waals surface area (Å²) in [5.74, 6) is 0. The third-order valence-corrected chi connectivity index (χ3v) is 3.22. The van der Waals surface area contributed by atoms with Gasteiger partial charge in [-0.2, -0.15) is 0 Å². The van der Waals surface area contributed by atoms with Crippen molar-refractivity contribution in [1.82, 2.24) is 0 Å². The van der Waals surface area contributed by atoms with Gasteiger partial charge in [-0.15, -0.1) is 0 Å². The first-order valence-corrected chi connectivity index (χ1v) is 6.72. The fraction of sp³-hybridized carbons (Fsp3) is 0.562. The predicted octanol–water partition coefficient (Wildman–Crippen LogP) is 4.75. The van der Waals surface area contributed by atoms with Crippen molar-refractivity contribution in [3.8, 4) is 0 Å². The summed E-state index contributed by atoms with van der Waals surface area (Å²) in [4.78, 5) is 0. The molecule has 0 amide bonds. The van der Waals surface area contributed by atoms with Crippen molar-refractivity contribution in [2.24, 2.45) is 0 Å². The van der Waals surface area contributed by atoms with Crippen molar-refractivity contribution in [3.05, 3.63) is 41.8 Å². The van der Waals surface area contributed by atoms with Crippen molar-refractivity contribution in [2.45, 2.75) is 58.8 Å². The summed E-state index contributed by atoms with van der Waals surface area (Å²) in [6.45, 7) is 8.60. The van der Waals surface area contributed by atoms with Gasteiger partial charge in [0, 0.05) is 0 Å². The van der Waals surface area contributed by atoms with E-state index < -0.39 is 0 Å². The van der Waals surface area contributed by atoms with Crippen LogP contribution >= 0.6 is 0 Å². The summed E-state index contributed by atoms with van der Waals surface area (Å²) in [5, 5.41) is 0. The monoisotopic (exact) mass is 217 g/mol. The first-order valence-electron chi connectivity index (χ1n) is 6.72. The van der Waals surface area contributed by atoms with E-state index in [0.29, 0.717) is 0 Å². The van der Waals surface area contributed by atoms with Gasteiger partial charge in [0.15, 0.2) is 0 Å². The van der Waals surface area contributed by atoms with Gasteiger partial charge in [0.25, 0.3) is 0 Å². The number of rotatable bonds is 7. The summed E-state index contributed by atoms with van der Waals surface area (Å²) < 4.78 is 0. The fourth-order valence-corrected chi connectivity index (χ4v) is 2.21. The molecule has 0 saturated heterocycles. The van der Waals surface area contributed by atoms with Gasteiger partial charge < -0.3 is 0 Å². The normalized spacial score (nSPS) is 10.7. The van der Waals surface area contributed by atoms with Crippen LogP contribution in [0.25, 0.3) is 0 Å². The predicted molar refractivity (Wildman–Crippen MR) is 72.7 cm³/mol. The fourth-order valence-electron chi connectivity index (χ4n) is 2.21. The van der Waals surface area contributed by atoms with Crippen LogP contribution < -0.4 is 0 Å². The minimum absolute atomic E-state index is 0.943. The van der Waals surface area contributed by atoms with Crippen LogP contribution in [0.4, 0.5) is 0 Å². The smallest absolute Gasteiger partial charge is 0.0273 e. The zero-order valence-electron chi connectivity index (χ0n) is 10.9. The summed E-state index contributed by atoms with van der Waals surface area (Å²) in [6, 6.07) is 6.78. The number of unbranched alkanes of at least 4 members (excludes halogenated alkanes) is 2. The van der Waals surface area contributed by atoms with Crippen LogP contribution in [0.15, 0.2) is 18.2 Å². The van der Waals surface area contributed by atoms with Crippen LogP contribution in [-0.4, -0.2) is 0 Å². The van der Waals surface area contributed by atoms with Crippen LogP contribution in [0, 0.1) is 6.92 Å².